The van der Waals surface area contributed by atoms with Gasteiger partial charge in [0.05, 0.1) is 23.4 Å². The van der Waals surface area contributed by atoms with Gasteiger partial charge in [0, 0.05) is 0 Å². The molecule has 0 saturated heterocycles. The van der Waals surface area contributed by atoms with Crippen LogP contribution in [0.25, 0.3) is 0 Å². The molecule has 8 heteroatoms. The van der Waals surface area contributed by atoms with Gasteiger partial charge in [-0.05, 0) is 29.8 Å². The molecular formula is C18H12ClFN2O4. The fourth-order valence-corrected chi connectivity index (χ4v) is 3.87. The van der Waals surface area contributed by atoms with E-state index in [0.717, 1.165) is 6.40 Å². The van der Waals surface area contributed by atoms with Crippen molar-refractivity contribution in [3.05, 3.63) is 64.4 Å². The Hall–Kier alpha value is -2.93. The molecule has 0 aromatic heterocycles. The first kappa shape index (κ1) is 16.5. The average Bonchev–Trinajstić information content (AvgIpc) is 3.16. The number of benzene rings is 2. The second-order valence-electron chi connectivity index (χ2n) is 5.86. The molecule has 132 valence electrons. The number of methoxy groups -OCH3 is 1. The molecule has 2 aromatic rings. The molecule has 2 heterocycles. The molecule has 0 aliphatic carbocycles. The number of ether oxygens (including phenoxy) is 2. The molecule has 2 aliphatic heterocycles. The molecule has 26 heavy (non-hydrogen) atoms. The van der Waals surface area contributed by atoms with E-state index in [2.05, 4.69) is 10.3 Å². The van der Waals surface area contributed by atoms with E-state index in [1.165, 1.54) is 31.4 Å². The van der Waals surface area contributed by atoms with Crippen LogP contribution >= 0.6 is 11.6 Å². The number of halogens is 2. The summed E-state index contributed by atoms with van der Waals surface area (Å²) >= 11 is 6.35. The highest BCUT2D eigenvalue weighted by molar-refractivity contribution is 6.33. The lowest BCUT2D eigenvalue weighted by Crippen LogP contribution is -2.56. The van der Waals surface area contributed by atoms with Gasteiger partial charge in [0.25, 0.3) is 11.5 Å². The molecule has 6 nitrogen and oxygen atoms in total. The average molecular weight is 375 g/mol. The minimum Gasteiger partial charge on any atom is -0.467 e. The standard InChI is InChI=1S/C18H12ClFN2O4/c1-25-16(24)17(10-5-7-11(20)8-6-10)18(26-9-21-17)14-12(19)3-2-4-13(14)22-15(18)23/h2-9H,1H3,(H,22,23)/t17-,18+/m1/s1. The van der Waals surface area contributed by atoms with E-state index in [1.807, 2.05) is 0 Å². The summed E-state index contributed by atoms with van der Waals surface area (Å²) in [6.07, 6.45) is 1.03. The number of hydrogen-bond acceptors (Lipinski definition) is 5. The summed E-state index contributed by atoms with van der Waals surface area (Å²) in [7, 11) is 1.18. The van der Waals surface area contributed by atoms with Crippen LogP contribution in [-0.4, -0.2) is 25.4 Å². The highest BCUT2D eigenvalue weighted by Gasteiger charge is 2.72. The Morgan fingerprint density at radius 1 is 1.27 bits per heavy atom. The maximum absolute atomic E-state index is 13.4. The molecular weight excluding hydrogens is 363 g/mol. The molecule has 2 aromatic carbocycles. The topological polar surface area (TPSA) is 77.0 Å². The summed E-state index contributed by atoms with van der Waals surface area (Å²) in [4.78, 5) is 30.1. The van der Waals surface area contributed by atoms with Gasteiger partial charge < -0.3 is 14.8 Å². The Balaban J connectivity index is 2.07. The van der Waals surface area contributed by atoms with E-state index in [1.54, 1.807) is 18.2 Å². The maximum Gasteiger partial charge on any atom is 0.343 e. The van der Waals surface area contributed by atoms with Crippen molar-refractivity contribution < 1.29 is 23.5 Å². The lowest BCUT2D eigenvalue weighted by molar-refractivity contribution is -0.161. The van der Waals surface area contributed by atoms with Gasteiger partial charge in [-0.25, -0.2) is 14.2 Å². The lowest BCUT2D eigenvalue weighted by Gasteiger charge is -2.36. The van der Waals surface area contributed by atoms with Crippen molar-refractivity contribution in [3.63, 3.8) is 0 Å². The number of anilines is 1. The van der Waals surface area contributed by atoms with E-state index < -0.39 is 28.8 Å². The first-order chi connectivity index (χ1) is 12.5. The van der Waals surface area contributed by atoms with Gasteiger partial charge in [-0.1, -0.05) is 29.8 Å². The maximum atomic E-state index is 13.4. The van der Waals surface area contributed by atoms with Gasteiger partial charge in [-0.3, -0.25) is 4.79 Å². The number of hydrogen-bond donors (Lipinski definition) is 1. The van der Waals surface area contributed by atoms with Gasteiger partial charge in [0.2, 0.25) is 5.54 Å². The quantitative estimate of drug-likeness (QED) is 0.820. The van der Waals surface area contributed by atoms with Crippen molar-refractivity contribution in [3.8, 4) is 0 Å². The number of fused-ring (bicyclic) bond motifs is 2. The van der Waals surface area contributed by atoms with Crippen LogP contribution in [0, 0.1) is 5.82 Å². The van der Waals surface area contributed by atoms with E-state index in [-0.39, 0.29) is 16.1 Å². The predicted molar refractivity (Wildman–Crippen MR) is 91.4 cm³/mol. The number of amides is 1. The minimum atomic E-state index is -1.91. The van der Waals surface area contributed by atoms with Crippen LogP contribution in [0.15, 0.2) is 47.5 Å². The van der Waals surface area contributed by atoms with Crippen molar-refractivity contribution in [2.45, 2.75) is 11.1 Å². The number of esters is 1. The van der Waals surface area contributed by atoms with Gasteiger partial charge in [0.1, 0.15) is 5.82 Å². The summed E-state index contributed by atoms with van der Waals surface area (Å²) in [6.45, 7) is 0. The fraction of sp³-hybridized carbons (Fsp3) is 0.167. The molecule has 1 spiro atoms. The highest BCUT2D eigenvalue weighted by Crippen LogP contribution is 2.57. The smallest absolute Gasteiger partial charge is 0.343 e. The van der Waals surface area contributed by atoms with Crippen molar-refractivity contribution in [2.24, 2.45) is 4.99 Å². The van der Waals surface area contributed by atoms with Crippen LogP contribution in [0.5, 0.6) is 0 Å². The van der Waals surface area contributed by atoms with Crippen LogP contribution in [-0.2, 0) is 30.2 Å². The second kappa shape index (κ2) is 5.54. The molecule has 2 aliphatic rings. The van der Waals surface area contributed by atoms with Crippen LogP contribution in [0.2, 0.25) is 5.02 Å². The third kappa shape index (κ3) is 1.83. The third-order valence-corrected chi connectivity index (χ3v) is 4.98. The van der Waals surface area contributed by atoms with Crippen molar-refractivity contribution in [1.29, 1.82) is 0 Å². The Bertz CT molecular complexity index is 962. The Morgan fingerprint density at radius 3 is 2.69 bits per heavy atom. The van der Waals surface area contributed by atoms with Crippen LogP contribution < -0.4 is 5.32 Å². The van der Waals surface area contributed by atoms with Crippen LogP contribution in [0.3, 0.4) is 0 Å². The molecule has 0 radical (unpaired) electrons. The number of nitrogens with zero attached hydrogens (tertiary/aromatic N) is 1. The number of rotatable bonds is 2. The van der Waals surface area contributed by atoms with Gasteiger partial charge in [0.15, 0.2) is 6.40 Å². The predicted octanol–water partition coefficient (Wildman–Crippen LogP) is 2.75. The summed E-state index contributed by atoms with van der Waals surface area (Å²) in [5.41, 5.74) is -2.88. The van der Waals surface area contributed by atoms with Gasteiger partial charge in [-0.2, -0.15) is 0 Å². The largest absolute Gasteiger partial charge is 0.467 e. The Labute approximate surface area is 152 Å². The third-order valence-electron chi connectivity index (χ3n) is 4.66. The van der Waals surface area contributed by atoms with Crippen molar-refractivity contribution in [2.75, 3.05) is 12.4 Å². The van der Waals surface area contributed by atoms with E-state index >= 15 is 0 Å². The highest BCUT2D eigenvalue weighted by atomic mass is 35.5. The molecule has 0 saturated carbocycles. The summed E-state index contributed by atoms with van der Waals surface area (Å²) in [5, 5.41) is 2.90. The number of carbonyl (C=O) groups is 2. The molecule has 1 amide bonds. The fourth-order valence-electron chi connectivity index (χ4n) is 3.56. The van der Waals surface area contributed by atoms with Crippen molar-refractivity contribution in [1.82, 2.24) is 0 Å². The first-order valence-corrected chi connectivity index (χ1v) is 8.01. The van der Waals surface area contributed by atoms with Crippen LogP contribution in [0.4, 0.5) is 10.1 Å². The number of carbonyl (C=O) groups excluding carboxylic acids is 2. The molecule has 0 bridgehead atoms. The van der Waals surface area contributed by atoms with Crippen LogP contribution in [0.1, 0.15) is 11.1 Å². The van der Waals surface area contributed by atoms with E-state index in [0.29, 0.717) is 5.69 Å². The zero-order chi connectivity index (χ0) is 18.5. The molecule has 1 N–H and O–H groups in total. The number of nitrogens with one attached hydrogen (secondary N) is 1. The van der Waals surface area contributed by atoms with Gasteiger partial charge >= 0.3 is 5.97 Å². The molecule has 0 unspecified atom stereocenters. The Morgan fingerprint density at radius 2 is 2.00 bits per heavy atom. The van der Waals surface area contributed by atoms with E-state index in [4.69, 9.17) is 21.1 Å². The monoisotopic (exact) mass is 374 g/mol. The van der Waals surface area contributed by atoms with E-state index in [9.17, 15) is 14.0 Å². The first-order valence-electron chi connectivity index (χ1n) is 7.64. The van der Waals surface area contributed by atoms with Gasteiger partial charge in [-0.15, -0.1) is 0 Å². The zero-order valence-electron chi connectivity index (χ0n) is 13.5. The molecule has 4 rings (SSSR count). The zero-order valence-corrected chi connectivity index (χ0v) is 14.2. The van der Waals surface area contributed by atoms with Crippen molar-refractivity contribution >= 4 is 35.6 Å². The second-order valence-corrected chi connectivity index (χ2v) is 6.27. The normalized spacial score (nSPS) is 25.7. The SMILES string of the molecule is COC(=O)[C@@]1(c2ccc(F)cc2)N=CO[C@@]12C(=O)Nc1cccc(Cl)c12. The minimum absolute atomic E-state index is 0.224. The molecule has 0 fully saturated rings. The summed E-state index contributed by atoms with van der Waals surface area (Å²) < 4.78 is 24.1. The Kier molecular flexibility index (Phi) is 3.52. The summed E-state index contributed by atoms with van der Waals surface area (Å²) in [6, 6.07) is 9.95. The number of aliphatic imine (C=N–C) groups is 1. The molecule has 2 atom stereocenters. The lowest BCUT2D eigenvalue weighted by atomic mass is 9.71. The summed E-state index contributed by atoms with van der Waals surface area (Å²) in [5.74, 6) is -1.95.